The lowest BCUT2D eigenvalue weighted by molar-refractivity contribution is -0.141. The minimum absolute atomic E-state index is 0.0397. The van der Waals surface area contributed by atoms with Gasteiger partial charge < -0.3 is 5.32 Å². The molecular weight excluding hydrogens is 411 g/mol. The number of hydrogen-bond acceptors (Lipinski definition) is 6. The molecule has 3 heterocycles. The van der Waals surface area contributed by atoms with Crippen molar-refractivity contribution in [2.75, 3.05) is 5.32 Å². The van der Waals surface area contributed by atoms with E-state index in [9.17, 15) is 18.0 Å². The van der Waals surface area contributed by atoms with Crippen molar-refractivity contribution in [1.29, 1.82) is 0 Å². The van der Waals surface area contributed by atoms with Crippen molar-refractivity contribution >= 4 is 5.82 Å². The number of nitrogens with one attached hydrogen (secondary N) is 1. The van der Waals surface area contributed by atoms with Gasteiger partial charge in [-0.2, -0.15) is 18.3 Å². The van der Waals surface area contributed by atoms with Crippen LogP contribution >= 0.6 is 0 Å². The van der Waals surface area contributed by atoms with Gasteiger partial charge in [-0.1, -0.05) is 0 Å². The third-order valence-electron chi connectivity index (χ3n) is 5.39. The second kappa shape index (κ2) is 8.12. The predicted octanol–water partition coefficient (Wildman–Crippen LogP) is 3.45. The quantitative estimate of drug-likeness (QED) is 0.678. The Kier molecular flexibility index (Phi) is 5.50. The molecule has 0 aliphatic heterocycles. The monoisotopic (exact) mass is 433 g/mol. The maximum Gasteiger partial charge on any atom is 0.433 e. The molecule has 0 atom stereocenters. The molecule has 1 N–H and O–H groups in total. The summed E-state index contributed by atoms with van der Waals surface area (Å²) in [5, 5.41) is 12.0. The van der Waals surface area contributed by atoms with E-state index in [2.05, 4.69) is 25.5 Å². The van der Waals surface area contributed by atoms with Gasteiger partial charge in [0, 0.05) is 23.9 Å². The van der Waals surface area contributed by atoms with Crippen LogP contribution in [0.1, 0.15) is 48.8 Å². The zero-order valence-corrected chi connectivity index (χ0v) is 17.1. The van der Waals surface area contributed by atoms with E-state index in [4.69, 9.17) is 0 Å². The zero-order chi connectivity index (χ0) is 22.2. The molecule has 1 fully saturated rings. The van der Waals surface area contributed by atoms with Gasteiger partial charge in [-0.25, -0.2) is 19.3 Å². The summed E-state index contributed by atoms with van der Waals surface area (Å²) in [6, 6.07) is 5.86. The van der Waals surface area contributed by atoms with Crippen LogP contribution in [0.5, 0.6) is 0 Å². The minimum atomic E-state index is -4.51. The molecule has 8 nitrogen and oxygen atoms in total. The summed E-state index contributed by atoms with van der Waals surface area (Å²) in [7, 11) is 0. The lowest BCUT2D eigenvalue weighted by Crippen LogP contribution is -2.34. The SMILES string of the molecule is Cc1cc(C)n(-c2ccc(=O)n(C3CCC(Nc4cc(C(F)(F)F)ncn4)CC3)n2)n1. The van der Waals surface area contributed by atoms with Crippen molar-refractivity contribution in [1.82, 2.24) is 29.5 Å². The van der Waals surface area contributed by atoms with Crippen LogP contribution < -0.4 is 10.9 Å². The van der Waals surface area contributed by atoms with E-state index in [-0.39, 0.29) is 23.5 Å². The number of anilines is 1. The van der Waals surface area contributed by atoms with E-state index in [1.807, 2.05) is 19.9 Å². The molecule has 0 unspecified atom stereocenters. The van der Waals surface area contributed by atoms with Gasteiger partial charge >= 0.3 is 6.18 Å². The average Bonchev–Trinajstić information content (AvgIpc) is 3.07. The molecule has 0 radical (unpaired) electrons. The third kappa shape index (κ3) is 4.59. The van der Waals surface area contributed by atoms with Crippen molar-refractivity contribution in [3.63, 3.8) is 0 Å². The summed E-state index contributed by atoms with van der Waals surface area (Å²) in [4.78, 5) is 19.6. The molecule has 4 rings (SSSR count). The maximum absolute atomic E-state index is 12.8. The molecule has 0 aromatic carbocycles. The van der Waals surface area contributed by atoms with E-state index in [0.29, 0.717) is 31.5 Å². The van der Waals surface area contributed by atoms with Crippen LogP contribution in [0.4, 0.5) is 19.0 Å². The van der Waals surface area contributed by atoms with Gasteiger partial charge in [-0.15, -0.1) is 5.10 Å². The largest absolute Gasteiger partial charge is 0.433 e. The summed E-state index contributed by atoms with van der Waals surface area (Å²) in [5.41, 5.74) is 0.621. The minimum Gasteiger partial charge on any atom is -0.367 e. The topological polar surface area (TPSA) is 90.5 Å². The molecule has 1 aliphatic carbocycles. The lowest BCUT2D eigenvalue weighted by atomic mass is 9.91. The summed E-state index contributed by atoms with van der Waals surface area (Å²) in [6.45, 7) is 3.81. The van der Waals surface area contributed by atoms with Crippen LogP contribution in [0, 0.1) is 13.8 Å². The van der Waals surface area contributed by atoms with E-state index in [1.54, 1.807) is 10.7 Å². The van der Waals surface area contributed by atoms with Crippen molar-refractivity contribution < 1.29 is 13.2 Å². The molecule has 11 heteroatoms. The van der Waals surface area contributed by atoms with Crippen molar-refractivity contribution in [3.8, 4) is 5.82 Å². The first kappa shape index (κ1) is 21.0. The summed E-state index contributed by atoms with van der Waals surface area (Å²) >= 11 is 0. The number of rotatable bonds is 4. The van der Waals surface area contributed by atoms with E-state index in [0.717, 1.165) is 23.8 Å². The molecule has 164 valence electrons. The fraction of sp³-hybridized carbons (Fsp3) is 0.450. The second-order valence-electron chi connectivity index (χ2n) is 7.75. The Morgan fingerprint density at radius 1 is 1.03 bits per heavy atom. The standard InChI is InChI=1S/C20H22F3N7O/c1-12-9-13(2)29(27-12)18-7-8-19(31)30(28-18)15-5-3-14(4-6-15)26-17-10-16(20(21,22)23)24-11-25-17/h7-11,14-15H,3-6H2,1-2H3,(H,24,25,26). The highest BCUT2D eigenvalue weighted by molar-refractivity contribution is 5.37. The highest BCUT2D eigenvalue weighted by Gasteiger charge is 2.33. The van der Waals surface area contributed by atoms with Gasteiger partial charge in [0.15, 0.2) is 5.82 Å². The van der Waals surface area contributed by atoms with Crippen molar-refractivity contribution in [3.05, 3.63) is 58.0 Å². The normalized spacial score (nSPS) is 19.4. The first-order chi connectivity index (χ1) is 14.7. The lowest BCUT2D eigenvalue weighted by Gasteiger charge is -2.30. The molecule has 1 aliphatic rings. The molecule has 31 heavy (non-hydrogen) atoms. The Morgan fingerprint density at radius 3 is 2.42 bits per heavy atom. The van der Waals surface area contributed by atoms with Crippen LogP contribution in [-0.4, -0.2) is 35.6 Å². The van der Waals surface area contributed by atoms with Gasteiger partial charge in [0.1, 0.15) is 17.8 Å². The van der Waals surface area contributed by atoms with E-state index in [1.165, 1.54) is 10.7 Å². The predicted molar refractivity (Wildman–Crippen MR) is 107 cm³/mol. The number of alkyl halides is 3. The number of nitrogens with zero attached hydrogens (tertiary/aromatic N) is 6. The molecule has 1 saturated carbocycles. The molecule has 0 spiro atoms. The van der Waals surface area contributed by atoms with Crippen LogP contribution in [0.25, 0.3) is 5.82 Å². The van der Waals surface area contributed by atoms with Gasteiger partial charge in [-0.05, 0) is 51.7 Å². The Balaban J connectivity index is 1.45. The van der Waals surface area contributed by atoms with Gasteiger partial charge in [0.05, 0.1) is 11.7 Å². The zero-order valence-electron chi connectivity index (χ0n) is 17.1. The molecule has 3 aromatic rings. The molecule has 0 bridgehead atoms. The third-order valence-corrected chi connectivity index (χ3v) is 5.39. The maximum atomic E-state index is 12.8. The van der Waals surface area contributed by atoms with Crippen LogP contribution in [0.2, 0.25) is 0 Å². The summed E-state index contributed by atoms with van der Waals surface area (Å²) in [5.74, 6) is 0.721. The highest BCUT2D eigenvalue weighted by atomic mass is 19.4. The summed E-state index contributed by atoms with van der Waals surface area (Å²) in [6.07, 6.45) is -0.918. The van der Waals surface area contributed by atoms with Gasteiger partial charge in [-0.3, -0.25) is 4.79 Å². The number of aryl methyl sites for hydroxylation is 2. The fourth-order valence-corrected chi connectivity index (χ4v) is 3.92. The van der Waals surface area contributed by atoms with E-state index >= 15 is 0 Å². The smallest absolute Gasteiger partial charge is 0.367 e. The highest BCUT2D eigenvalue weighted by Crippen LogP contribution is 2.31. The average molecular weight is 433 g/mol. The van der Waals surface area contributed by atoms with E-state index < -0.39 is 11.9 Å². The Bertz CT molecular complexity index is 1130. The number of halogens is 3. The van der Waals surface area contributed by atoms with Crippen molar-refractivity contribution in [2.24, 2.45) is 0 Å². The first-order valence-electron chi connectivity index (χ1n) is 10.00. The second-order valence-corrected chi connectivity index (χ2v) is 7.75. The Hall–Kier alpha value is -3.24. The number of hydrogen-bond donors (Lipinski definition) is 1. The molecule has 3 aromatic heterocycles. The van der Waals surface area contributed by atoms with Gasteiger partial charge in [0.25, 0.3) is 5.56 Å². The molecule has 0 amide bonds. The first-order valence-corrected chi connectivity index (χ1v) is 10.00. The Labute approximate surface area is 176 Å². The van der Waals surface area contributed by atoms with Gasteiger partial charge in [0.2, 0.25) is 0 Å². The summed E-state index contributed by atoms with van der Waals surface area (Å²) < 4.78 is 41.7. The number of aromatic nitrogens is 6. The fourth-order valence-electron chi connectivity index (χ4n) is 3.92. The molecule has 0 saturated heterocycles. The molecular formula is C20H22F3N7O. The van der Waals surface area contributed by atoms with Crippen LogP contribution in [-0.2, 0) is 6.18 Å². The Morgan fingerprint density at radius 2 is 1.77 bits per heavy atom. The van der Waals surface area contributed by atoms with Crippen LogP contribution in [0.15, 0.2) is 35.4 Å². The van der Waals surface area contributed by atoms with Crippen LogP contribution in [0.3, 0.4) is 0 Å². The van der Waals surface area contributed by atoms with Crippen molar-refractivity contribution in [2.45, 2.75) is 57.8 Å².